The monoisotopic (exact) mass is 157 g/mol. The van der Waals surface area contributed by atoms with Gasteiger partial charge in [-0.1, -0.05) is 0 Å². The highest BCUT2D eigenvalue weighted by atomic mass is 16.3. The second-order valence-electron chi connectivity index (χ2n) is 2.74. The highest BCUT2D eigenvalue weighted by Crippen LogP contribution is 1.88. The number of nitrogens with zero attached hydrogens (tertiary/aromatic N) is 1. The molecule has 11 heavy (non-hydrogen) atoms. The van der Waals surface area contributed by atoms with Gasteiger partial charge in [-0.25, -0.2) is 0 Å². The first-order chi connectivity index (χ1) is 5.33. The van der Waals surface area contributed by atoms with Crippen molar-refractivity contribution in [1.29, 1.82) is 0 Å². The average Bonchev–Trinajstić information content (AvgIpc) is 2.06. The number of aliphatic hydroxyl groups is 1. The highest BCUT2D eigenvalue weighted by Gasteiger charge is 2.05. The van der Waals surface area contributed by atoms with Crippen molar-refractivity contribution in [2.75, 3.05) is 19.7 Å². The van der Waals surface area contributed by atoms with Gasteiger partial charge in [0.05, 0.1) is 6.61 Å². The van der Waals surface area contributed by atoms with E-state index in [1.807, 2.05) is 6.92 Å². The van der Waals surface area contributed by atoms with Crippen LogP contribution in [0.15, 0.2) is 4.99 Å². The number of aliphatic imine (C=N–C) groups is 1. The van der Waals surface area contributed by atoms with Gasteiger partial charge >= 0.3 is 0 Å². The Bertz CT molecular complexity index is 147. The summed E-state index contributed by atoms with van der Waals surface area (Å²) >= 11 is 0. The Kier molecular flexibility index (Phi) is 3.16. The molecular weight excluding hydrogens is 142 g/mol. The summed E-state index contributed by atoms with van der Waals surface area (Å²) in [5.74, 6) is 0.817. The van der Waals surface area contributed by atoms with Crippen LogP contribution in [-0.4, -0.2) is 36.8 Å². The van der Waals surface area contributed by atoms with Gasteiger partial charge in [0.25, 0.3) is 0 Å². The third-order valence-electron chi connectivity index (χ3n) is 1.55. The normalized spacial score (nSPS) is 20.0. The third-order valence-corrected chi connectivity index (χ3v) is 1.55. The van der Waals surface area contributed by atoms with E-state index in [1.54, 1.807) is 0 Å². The molecule has 0 aliphatic carbocycles. The van der Waals surface area contributed by atoms with Crippen molar-refractivity contribution in [1.82, 2.24) is 10.6 Å². The molecule has 64 valence electrons. The van der Waals surface area contributed by atoms with Gasteiger partial charge in [0, 0.05) is 19.1 Å². The summed E-state index contributed by atoms with van der Waals surface area (Å²) in [5, 5.41) is 14.9. The van der Waals surface area contributed by atoms with E-state index in [-0.39, 0.29) is 12.6 Å². The average molecular weight is 157 g/mol. The molecule has 4 nitrogen and oxygen atoms in total. The van der Waals surface area contributed by atoms with Crippen LogP contribution in [0.2, 0.25) is 0 Å². The molecule has 0 saturated carbocycles. The zero-order valence-electron chi connectivity index (χ0n) is 6.80. The van der Waals surface area contributed by atoms with Gasteiger partial charge in [0.1, 0.15) is 0 Å². The summed E-state index contributed by atoms with van der Waals surface area (Å²) in [6, 6.07) is 0.0827. The van der Waals surface area contributed by atoms with Crippen LogP contribution in [0.4, 0.5) is 0 Å². The fourth-order valence-corrected chi connectivity index (χ4v) is 0.908. The van der Waals surface area contributed by atoms with Gasteiger partial charge in [-0.2, -0.15) is 0 Å². The maximum absolute atomic E-state index is 8.72. The second-order valence-corrected chi connectivity index (χ2v) is 2.74. The standard InChI is InChI=1S/C7H15N3O/c1-6(5-11)10-7-8-3-2-4-9-7/h6,11H,2-5H2,1H3,(H2,8,9,10). The molecule has 1 heterocycles. The predicted octanol–water partition coefficient (Wildman–Crippen LogP) is -0.694. The largest absolute Gasteiger partial charge is 0.394 e. The number of hydrogen-bond donors (Lipinski definition) is 3. The maximum atomic E-state index is 8.72. The molecule has 0 aromatic rings. The summed E-state index contributed by atoms with van der Waals surface area (Å²) in [6.07, 6.45) is 1.10. The predicted molar refractivity (Wildman–Crippen MR) is 44.6 cm³/mol. The van der Waals surface area contributed by atoms with E-state index >= 15 is 0 Å². The van der Waals surface area contributed by atoms with Crippen molar-refractivity contribution in [3.63, 3.8) is 0 Å². The summed E-state index contributed by atoms with van der Waals surface area (Å²) < 4.78 is 0. The van der Waals surface area contributed by atoms with Gasteiger partial charge in [0.15, 0.2) is 5.96 Å². The fraction of sp³-hybridized carbons (Fsp3) is 0.857. The van der Waals surface area contributed by atoms with E-state index in [0.29, 0.717) is 0 Å². The molecule has 0 amide bonds. The Morgan fingerprint density at radius 2 is 2.64 bits per heavy atom. The number of rotatable bonds is 2. The van der Waals surface area contributed by atoms with Crippen LogP contribution >= 0.6 is 0 Å². The molecule has 0 saturated heterocycles. The number of guanidine groups is 1. The van der Waals surface area contributed by atoms with Gasteiger partial charge in [0.2, 0.25) is 0 Å². The van der Waals surface area contributed by atoms with Gasteiger partial charge in [-0.15, -0.1) is 0 Å². The van der Waals surface area contributed by atoms with E-state index in [0.717, 1.165) is 25.5 Å². The van der Waals surface area contributed by atoms with Crippen molar-refractivity contribution < 1.29 is 5.11 Å². The lowest BCUT2D eigenvalue weighted by Crippen LogP contribution is -2.45. The van der Waals surface area contributed by atoms with Crippen LogP contribution in [0.3, 0.4) is 0 Å². The Hall–Kier alpha value is -0.770. The molecule has 1 aliphatic rings. The third kappa shape index (κ3) is 2.76. The summed E-state index contributed by atoms with van der Waals surface area (Å²) in [7, 11) is 0. The first-order valence-corrected chi connectivity index (χ1v) is 3.98. The maximum Gasteiger partial charge on any atom is 0.191 e. The summed E-state index contributed by atoms with van der Waals surface area (Å²) in [4.78, 5) is 4.20. The van der Waals surface area contributed by atoms with Crippen molar-refractivity contribution in [3.8, 4) is 0 Å². The van der Waals surface area contributed by atoms with Crippen LogP contribution in [-0.2, 0) is 0 Å². The van der Waals surface area contributed by atoms with E-state index in [1.165, 1.54) is 0 Å². The number of aliphatic hydroxyl groups excluding tert-OH is 1. The van der Waals surface area contributed by atoms with Gasteiger partial charge < -0.3 is 15.7 Å². The molecule has 1 unspecified atom stereocenters. The number of nitrogens with one attached hydrogen (secondary N) is 2. The lowest BCUT2D eigenvalue weighted by Gasteiger charge is -2.19. The lowest BCUT2D eigenvalue weighted by atomic mass is 10.3. The fourth-order valence-electron chi connectivity index (χ4n) is 0.908. The SMILES string of the molecule is CC(CO)NC1=NCCCN1. The summed E-state index contributed by atoms with van der Waals surface area (Å²) in [6.45, 7) is 3.91. The van der Waals surface area contributed by atoms with Gasteiger partial charge in [-0.05, 0) is 13.3 Å². The smallest absolute Gasteiger partial charge is 0.191 e. The molecule has 0 aromatic heterocycles. The van der Waals surface area contributed by atoms with Crippen molar-refractivity contribution in [2.45, 2.75) is 19.4 Å². The Balaban J connectivity index is 2.29. The van der Waals surface area contributed by atoms with Crippen LogP contribution in [0.1, 0.15) is 13.3 Å². The van der Waals surface area contributed by atoms with E-state index in [2.05, 4.69) is 15.6 Å². The Morgan fingerprint density at radius 1 is 1.82 bits per heavy atom. The minimum absolute atomic E-state index is 0.0827. The van der Waals surface area contributed by atoms with Crippen LogP contribution < -0.4 is 10.6 Å². The quantitative estimate of drug-likeness (QED) is 0.497. The molecule has 1 aliphatic heterocycles. The van der Waals surface area contributed by atoms with Crippen LogP contribution in [0.5, 0.6) is 0 Å². The number of hydrogen-bond acceptors (Lipinski definition) is 4. The molecule has 0 fully saturated rings. The second kappa shape index (κ2) is 4.18. The molecule has 1 atom stereocenters. The molecule has 1 rings (SSSR count). The molecule has 4 heteroatoms. The van der Waals surface area contributed by atoms with Crippen LogP contribution in [0, 0.1) is 0 Å². The minimum Gasteiger partial charge on any atom is -0.394 e. The topological polar surface area (TPSA) is 56.6 Å². The lowest BCUT2D eigenvalue weighted by molar-refractivity contribution is 0.263. The van der Waals surface area contributed by atoms with Crippen molar-refractivity contribution in [2.24, 2.45) is 4.99 Å². The van der Waals surface area contributed by atoms with Gasteiger partial charge in [-0.3, -0.25) is 4.99 Å². The molecule has 0 spiro atoms. The van der Waals surface area contributed by atoms with Crippen molar-refractivity contribution in [3.05, 3.63) is 0 Å². The molecule has 0 radical (unpaired) electrons. The Morgan fingerprint density at radius 3 is 3.18 bits per heavy atom. The van der Waals surface area contributed by atoms with E-state index in [4.69, 9.17) is 5.11 Å². The molecular formula is C7H15N3O. The Labute approximate surface area is 66.7 Å². The molecule has 3 N–H and O–H groups in total. The van der Waals surface area contributed by atoms with Crippen LogP contribution in [0.25, 0.3) is 0 Å². The van der Waals surface area contributed by atoms with E-state index < -0.39 is 0 Å². The minimum atomic E-state index is 0.0827. The summed E-state index contributed by atoms with van der Waals surface area (Å²) in [5.41, 5.74) is 0. The first-order valence-electron chi connectivity index (χ1n) is 3.98. The first kappa shape index (κ1) is 8.33. The van der Waals surface area contributed by atoms with E-state index in [9.17, 15) is 0 Å². The zero-order valence-corrected chi connectivity index (χ0v) is 6.80. The molecule has 0 aromatic carbocycles. The zero-order chi connectivity index (χ0) is 8.10. The highest BCUT2D eigenvalue weighted by molar-refractivity contribution is 5.80. The molecule has 0 bridgehead atoms. The van der Waals surface area contributed by atoms with Crippen molar-refractivity contribution >= 4 is 5.96 Å².